The number of nitrogens with one attached hydrogen (secondary N) is 1. The van der Waals surface area contributed by atoms with E-state index in [1.807, 2.05) is 0 Å². The Balaban J connectivity index is 1.47. The molecule has 42 heavy (non-hydrogen) atoms. The van der Waals surface area contributed by atoms with Crippen molar-refractivity contribution in [3.05, 3.63) is 96.3 Å². The zero-order valence-electron chi connectivity index (χ0n) is 23.1. The Kier molecular flexibility index (Phi) is 9.61. The number of nitrogens with zero attached hydrogens (tertiary/aromatic N) is 2. The van der Waals surface area contributed by atoms with Gasteiger partial charge in [0.2, 0.25) is 0 Å². The van der Waals surface area contributed by atoms with Crippen molar-refractivity contribution in [2.45, 2.75) is 11.8 Å². The maximum absolute atomic E-state index is 13.6. The maximum Gasteiger partial charge on any atom is 0.338 e. The van der Waals surface area contributed by atoms with Crippen LogP contribution >= 0.6 is 0 Å². The molecule has 3 aromatic carbocycles. The minimum Gasteiger partial charge on any atom is -0.493 e. The molecule has 0 saturated heterocycles. The molecule has 1 heterocycles. The van der Waals surface area contributed by atoms with Gasteiger partial charge in [0.05, 0.1) is 43.2 Å². The van der Waals surface area contributed by atoms with Crippen molar-refractivity contribution in [1.29, 1.82) is 0 Å². The number of amides is 1. The largest absolute Gasteiger partial charge is 0.493 e. The minimum absolute atomic E-state index is 0.0845. The van der Waals surface area contributed by atoms with Crippen LogP contribution < -0.4 is 19.2 Å². The van der Waals surface area contributed by atoms with E-state index in [0.717, 1.165) is 9.87 Å². The van der Waals surface area contributed by atoms with E-state index in [1.54, 1.807) is 73.7 Å². The molecule has 1 N–H and O–H groups in total. The Morgan fingerprint density at radius 2 is 1.64 bits per heavy atom. The van der Waals surface area contributed by atoms with Crippen molar-refractivity contribution in [2.24, 2.45) is 5.10 Å². The van der Waals surface area contributed by atoms with Crippen molar-refractivity contribution in [3.63, 3.8) is 0 Å². The third kappa shape index (κ3) is 6.96. The van der Waals surface area contributed by atoms with Gasteiger partial charge in [-0.25, -0.2) is 18.6 Å². The van der Waals surface area contributed by atoms with Crippen molar-refractivity contribution in [3.8, 4) is 22.8 Å². The van der Waals surface area contributed by atoms with E-state index < -0.39 is 28.4 Å². The second-order valence-electron chi connectivity index (χ2n) is 8.66. The van der Waals surface area contributed by atoms with Crippen molar-refractivity contribution in [2.75, 3.05) is 31.7 Å². The summed E-state index contributed by atoms with van der Waals surface area (Å²) in [5.74, 6) is 0.375. The van der Waals surface area contributed by atoms with Gasteiger partial charge in [0, 0.05) is 11.6 Å². The summed E-state index contributed by atoms with van der Waals surface area (Å²) < 4.78 is 49.4. The van der Waals surface area contributed by atoms with Gasteiger partial charge in [-0.05, 0) is 55.5 Å². The molecule has 0 aliphatic carbocycles. The number of carbonyl (C=O) groups is 2. The lowest BCUT2D eigenvalue weighted by Crippen LogP contribution is -2.39. The Bertz CT molecular complexity index is 1670. The summed E-state index contributed by atoms with van der Waals surface area (Å²) >= 11 is 0. The van der Waals surface area contributed by atoms with E-state index >= 15 is 0 Å². The van der Waals surface area contributed by atoms with Crippen LogP contribution in [-0.2, 0) is 19.6 Å². The second-order valence-corrected chi connectivity index (χ2v) is 10.5. The molecule has 0 saturated carbocycles. The first-order valence-electron chi connectivity index (χ1n) is 12.8. The Morgan fingerprint density at radius 3 is 2.31 bits per heavy atom. The topological polar surface area (TPSA) is 137 Å². The fourth-order valence-electron chi connectivity index (χ4n) is 3.91. The monoisotopic (exact) mass is 591 g/mol. The van der Waals surface area contributed by atoms with Gasteiger partial charge in [0.15, 0.2) is 11.5 Å². The molecule has 1 amide bonds. The quantitative estimate of drug-likeness (QED) is 0.145. The fraction of sp³-hybridized carbons (Fsp3) is 0.167. The number of anilines is 1. The molecule has 12 heteroatoms. The molecule has 0 radical (unpaired) electrons. The highest BCUT2D eigenvalue weighted by Crippen LogP contribution is 2.32. The summed E-state index contributed by atoms with van der Waals surface area (Å²) in [5.41, 5.74) is 3.79. The van der Waals surface area contributed by atoms with Crippen molar-refractivity contribution < 1.29 is 36.6 Å². The third-order valence-corrected chi connectivity index (χ3v) is 7.73. The number of furan rings is 1. The number of hydrogen-bond donors (Lipinski definition) is 1. The number of carbonyl (C=O) groups excluding carboxylic acids is 2. The lowest BCUT2D eigenvalue weighted by Gasteiger charge is -2.24. The maximum atomic E-state index is 13.6. The average molecular weight is 592 g/mol. The number of hydrogen-bond acceptors (Lipinski definition) is 9. The van der Waals surface area contributed by atoms with Crippen LogP contribution in [0.4, 0.5) is 5.69 Å². The average Bonchev–Trinajstić information content (AvgIpc) is 3.49. The van der Waals surface area contributed by atoms with E-state index in [0.29, 0.717) is 22.8 Å². The first-order valence-corrected chi connectivity index (χ1v) is 14.2. The summed E-state index contributed by atoms with van der Waals surface area (Å²) in [5, 5.41) is 3.92. The summed E-state index contributed by atoms with van der Waals surface area (Å²) in [7, 11) is -1.34. The Morgan fingerprint density at radius 1 is 0.929 bits per heavy atom. The smallest absolute Gasteiger partial charge is 0.338 e. The van der Waals surface area contributed by atoms with Crippen molar-refractivity contribution >= 4 is 33.8 Å². The van der Waals surface area contributed by atoms with Gasteiger partial charge >= 0.3 is 5.97 Å². The Labute approximate surface area is 243 Å². The molecule has 0 atom stereocenters. The lowest BCUT2D eigenvalue weighted by atomic mass is 10.1. The molecule has 0 bridgehead atoms. The first-order chi connectivity index (χ1) is 20.3. The second kappa shape index (κ2) is 13.5. The van der Waals surface area contributed by atoms with E-state index in [1.165, 1.54) is 38.6 Å². The van der Waals surface area contributed by atoms with Crippen LogP contribution in [0.2, 0.25) is 0 Å². The molecule has 218 valence electrons. The van der Waals surface area contributed by atoms with Crippen LogP contribution in [0.25, 0.3) is 11.3 Å². The van der Waals surface area contributed by atoms with Gasteiger partial charge < -0.3 is 18.6 Å². The predicted octanol–water partition coefficient (Wildman–Crippen LogP) is 4.49. The number of esters is 1. The van der Waals surface area contributed by atoms with Crippen LogP contribution in [0.3, 0.4) is 0 Å². The van der Waals surface area contributed by atoms with Crippen molar-refractivity contribution in [1.82, 2.24) is 5.43 Å². The number of benzene rings is 3. The van der Waals surface area contributed by atoms with Gasteiger partial charge in [-0.3, -0.25) is 9.10 Å². The molecule has 1 aromatic heterocycles. The summed E-state index contributed by atoms with van der Waals surface area (Å²) in [6, 6.07) is 22.5. The van der Waals surface area contributed by atoms with E-state index in [9.17, 15) is 18.0 Å². The lowest BCUT2D eigenvalue weighted by molar-refractivity contribution is -0.119. The van der Waals surface area contributed by atoms with Gasteiger partial charge in [0.25, 0.3) is 15.9 Å². The standard InChI is InChI=1S/C30H29N3O8S/c1-4-40-30(35)22-12-10-21(11-13-22)26-16-14-24(41-26)19-31-32-29(34)20-33(23-8-6-5-7-9-23)42(36,37)25-15-17-27(38-2)28(18-25)39-3/h5-19H,4,20H2,1-3H3,(H,32,34)/b31-19-. The number of sulfonamides is 1. The predicted molar refractivity (Wildman–Crippen MR) is 156 cm³/mol. The SMILES string of the molecule is CCOC(=O)c1ccc(-c2ccc(/C=N\NC(=O)CN(c3ccccc3)S(=O)(=O)c3ccc(OC)c(OC)c3)o2)cc1. The summed E-state index contributed by atoms with van der Waals surface area (Å²) in [4.78, 5) is 24.6. The zero-order chi connectivity index (χ0) is 30.1. The summed E-state index contributed by atoms with van der Waals surface area (Å²) in [6.45, 7) is 1.48. The molecule has 0 aliphatic heterocycles. The normalized spacial score (nSPS) is 11.2. The van der Waals surface area contributed by atoms with Gasteiger partial charge in [0.1, 0.15) is 18.1 Å². The number of methoxy groups -OCH3 is 2. The van der Waals surface area contributed by atoms with E-state index in [4.69, 9.17) is 18.6 Å². The van der Waals surface area contributed by atoms with Gasteiger partial charge in [-0.2, -0.15) is 5.10 Å². The molecule has 0 aliphatic rings. The molecule has 0 spiro atoms. The fourth-order valence-corrected chi connectivity index (χ4v) is 5.35. The Hall–Kier alpha value is -5.10. The molecular weight excluding hydrogens is 562 g/mol. The van der Waals surface area contributed by atoms with Crippen LogP contribution in [-0.4, -0.2) is 53.9 Å². The summed E-state index contributed by atoms with van der Waals surface area (Å²) in [6.07, 6.45) is 1.30. The highest BCUT2D eigenvalue weighted by molar-refractivity contribution is 7.92. The zero-order valence-corrected chi connectivity index (χ0v) is 24.0. The molecule has 0 fully saturated rings. The van der Waals surface area contributed by atoms with Gasteiger partial charge in [-0.15, -0.1) is 0 Å². The van der Waals surface area contributed by atoms with Gasteiger partial charge in [-0.1, -0.05) is 30.3 Å². The molecule has 0 unspecified atom stereocenters. The number of para-hydroxylation sites is 1. The van der Waals surface area contributed by atoms with E-state index in [-0.39, 0.29) is 22.9 Å². The molecule has 11 nitrogen and oxygen atoms in total. The third-order valence-electron chi connectivity index (χ3n) is 5.96. The molecule has 4 aromatic rings. The number of hydrazone groups is 1. The number of ether oxygens (including phenoxy) is 3. The number of rotatable bonds is 12. The van der Waals surface area contributed by atoms with Crippen LogP contribution in [0.15, 0.2) is 99.3 Å². The van der Waals surface area contributed by atoms with Crippen LogP contribution in [0.1, 0.15) is 23.0 Å². The van der Waals surface area contributed by atoms with Crippen LogP contribution in [0.5, 0.6) is 11.5 Å². The highest BCUT2D eigenvalue weighted by atomic mass is 32.2. The molecular formula is C30H29N3O8S. The molecule has 4 rings (SSSR count). The first kappa shape index (κ1) is 29.9. The van der Waals surface area contributed by atoms with E-state index in [2.05, 4.69) is 10.5 Å². The van der Waals surface area contributed by atoms with Crippen LogP contribution in [0, 0.1) is 0 Å². The minimum atomic E-state index is -4.19. The highest BCUT2D eigenvalue weighted by Gasteiger charge is 2.28.